The van der Waals surface area contributed by atoms with E-state index in [9.17, 15) is 4.79 Å². The second kappa shape index (κ2) is 4.99. The van der Waals surface area contributed by atoms with Gasteiger partial charge in [-0.05, 0) is 30.3 Å². The van der Waals surface area contributed by atoms with Crippen molar-refractivity contribution in [2.24, 2.45) is 0 Å². The lowest BCUT2D eigenvalue weighted by atomic mass is 10.2. The molecule has 4 heteroatoms. The summed E-state index contributed by atoms with van der Waals surface area (Å²) in [5.41, 5.74) is 0.493. The normalized spacial score (nSPS) is 9.59. The number of hydrogen-bond acceptors (Lipinski definition) is 4. The van der Waals surface area contributed by atoms with E-state index in [1.807, 2.05) is 6.07 Å². The zero-order chi connectivity index (χ0) is 12.1. The van der Waals surface area contributed by atoms with Crippen LogP contribution in [0.15, 0.2) is 47.1 Å². The van der Waals surface area contributed by atoms with Crippen LogP contribution in [0.3, 0.4) is 0 Å². The predicted octanol–water partition coefficient (Wildman–Crippen LogP) is 2.41. The highest BCUT2D eigenvalue weighted by Gasteiger charge is 2.09. The summed E-state index contributed by atoms with van der Waals surface area (Å²) in [6.07, 6.45) is 1.43. The maximum Gasteiger partial charge on any atom is 0.235 e. The number of furan rings is 1. The first kappa shape index (κ1) is 11.0. The molecule has 0 atom stereocenters. The molecule has 17 heavy (non-hydrogen) atoms. The van der Waals surface area contributed by atoms with Crippen molar-refractivity contribution >= 4 is 5.78 Å². The molecular weight excluding hydrogens is 218 g/mol. The van der Waals surface area contributed by atoms with Gasteiger partial charge in [-0.1, -0.05) is 6.07 Å². The molecule has 0 saturated heterocycles. The number of nitrogens with zero attached hydrogens (tertiary/aromatic N) is 1. The lowest BCUT2D eigenvalue weighted by Crippen LogP contribution is -2.10. The quantitative estimate of drug-likeness (QED) is 0.752. The van der Waals surface area contributed by atoms with Crippen LogP contribution in [0.5, 0.6) is 5.75 Å². The summed E-state index contributed by atoms with van der Waals surface area (Å²) in [5.74, 6) is 0.516. The van der Waals surface area contributed by atoms with Crippen LogP contribution in [0.25, 0.3) is 0 Å². The number of ether oxygens (including phenoxy) is 1. The summed E-state index contributed by atoms with van der Waals surface area (Å²) in [5, 5.41) is 8.70. The van der Waals surface area contributed by atoms with Crippen LogP contribution in [0.4, 0.5) is 0 Å². The van der Waals surface area contributed by atoms with E-state index in [1.165, 1.54) is 6.26 Å². The average molecular weight is 227 g/mol. The smallest absolute Gasteiger partial charge is 0.235 e. The molecule has 0 aliphatic rings. The minimum Gasteiger partial charge on any atom is -0.485 e. The molecule has 0 N–H and O–H groups in total. The number of hydrogen-bond donors (Lipinski definition) is 0. The molecule has 1 heterocycles. The van der Waals surface area contributed by atoms with Gasteiger partial charge in [0.1, 0.15) is 5.75 Å². The molecule has 2 aromatic rings. The van der Waals surface area contributed by atoms with Gasteiger partial charge in [0.25, 0.3) is 0 Å². The second-order valence-electron chi connectivity index (χ2n) is 3.33. The van der Waals surface area contributed by atoms with E-state index in [4.69, 9.17) is 14.4 Å². The van der Waals surface area contributed by atoms with Crippen LogP contribution in [0, 0.1) is 11.3 Å². The minimum atomic E-state index is -0.239. The summed E-state index contributed by atoms with van der Waals surface area (Å²) >= 11 is 0. The van der Waals surface area contributed by atoms with Gasteiger partial charge in [0, 0.05) is 0 Å². The van der Waals surface area contributed by atoms with Crippen LogP contribution < -0.4 is 4.74 Å². The number of Topliss-reactive ketones (excluding diaryl/α,β-unsaturated/α-hetero) is 1. The number of carbonyl (C=O) groups is 1. The summed E-state index contributed by atoms with van der Waals surface area (Å²) in [6, 6.07) is 11.9. The Balaban J connectivity index is 1.98. The minimum absolute atomic E-state index is 0.109. The molecule has 0 aliphatic carbocycles. The third kappa shape index (κ3) is 2.73. The van der Waals surface area contributed by atoms with Gasteiger partial charge in [0.2, 0.25) is 5.78 Å². The largest absolute Gasteiger partial charge is 0.485 e. The van der Waals surface area contributed by atoms with Gasteiger partial charge in [-0.25, -0.2) is 0 Å². The number of carbonyl (C=O) groups excluding carboxylic acids is 1. The first-order valence-electron chi connectivity index (χ1n) is 4.99. The lowest BCUT2D eigenvalue weighted by Gasteiger charge is -2.03. The van der Waals surface area contributed by atoms with Crippen molar-refractivity contribution in [1.82, 2.24) is 0 Å². The van der Waals surface area contributed by atoms with Crippen molar-refractivity contribution in [1.29, 1.82) is 5.26 Å². The fraction of sp³-hybridized carbons (Fsp3) is 0.0769. The van der Waals surface area contributed by atoms with Gasteiger partial charge in [-0.2, -0.15) is 5.26 Å². The zero-order valence-electron chi connectivity index (χ0n) is 8.92. The van der Waals surface area contributed by atoms with E-state index in [-0.39, 0.29) is 18.2 Å². The Bertz CT molecular complexity index is 552. The standard InChI is InChI=1S/C13H9NO3/c14-8-10-3-1-4-11(7-10)17-9-12(15)13-5-2-6-16-13/h1-7H,9H2. The molecule has 0 unspecified atom stereocenters. The first-order chi connectivity index (χ1) is 8.29. The van der Waals surface area contributed by atoms with Crippen molar-refractivity contribution in [3.05, 3.63) is 54.0 Å². The Kier molecular flexibility index (Phi) is 3.22. The number of ketones is 1. The molecule has 0 saturated carbocycles. The first-order valence-corrected chi connectivity index (χ1v) is 4.99. The summed E-state index contributed by atoms with van der Waals surface area (Å²) in [4.78, 5) is 11.5. The van der Waals surface area contributed by atoms with E-state index in [0.29, 0.717) is 11.3 Å². The van der Waals surface area contributed by atoms with Gasteiger partial charge >= 0.3 is 0 Å². The van der Waals surface area contributed by atoms with Crippen molar-refractivity contribution in [3.8, 4) is 11.8 Å². The highest BCUT2D eigenvalue weighted by molar-refractivity contribution is 5.94. The molecule has 0 amide bonds. The highest BCUT2D eigenvalue weighted by atomic mass is 16.5. The Labute approximate surface area is 98.0 Å². The fourth-order valence-corrected chi connectivity index (χ4v) is 1.31. The number of benzene rings is 1. The zero-order valence-corrected chi connectivity index (χ0v) is 8.92. The molecule has 0 spiro atoms. The molecule has 0 radical (unpaired) electrons. The number of rotatable bonds is 4. The van der Waals surface area contributed by atoms with Gasteiger partial charge in [0.15, 0.2) is 12.4 Å². The lowest BCUT2D eigenvalue weighted by molar-refractivity contribution is 0.0893. The molecule has 0 fully saturated rings. The number of nitriles is 1. The monoisotopic (exact) mass is 227 g/mol. The van der Waals surface area contributed by atoms with Crippen LogP contribution in [-0.4, -0.2) is 12.4 Å². The van der Waals surface area contributed by atoms with Gasteiger partial charge in [-0.15, -0.1) is 0 Å². The molecule has 0 bridgehead atoms. The maximum atomic E-state index is 11.5. The Morgan fingerprint density at radius 3 is 2.94 bits per heavy atom. The van der Waals surface area contributed by atoms with Gasteiger partial charge in [0.05, 0.1) is 17.9 Å². The van der Waals surface area contributed by atoms with Crippen LogP contribution in [0.1, 0.15) is 16.1 Å². The van der Waals surface area contributed by atoms with Crippen LogP contribution in [-0.2, 0) is 0 Å². The summed E-state index contributed by atoms with van der Waals surface area (Å²) in [6.45, 7) is -0.109. The van der Waals surface area contributed by atoms with Crippen molar-refractivity contribution in [3.63, 3.8) is 0 Å². The van der Waals surface area contributed by atoms with Gasteiger partial charge in [-0.3, -0.25) is 4.79 Å². The fourth-order valence-electron chi connectivity index (χ4n) is 1.31. The third-order valence-electron chi connectivity index (χ3n) is 2.13. The Morgan fingerprint density at radius 1 is 1.35 bits per heavy atom. The van der Waals surface area contributed by atoms with Crippen molar-refractivity contribution in [2.75, 3.05) is 6.61 Å². The topological polar surface area (TPSA) is 63.2 Å². The van der Waals surface area contributed by atoms with Crippen LogP contribution >= 0.6 is 0 Å². The molecule has 2 rings (SSSR count). The molecule has 1 aromatic heterocycles. The van der Waals surface area contributed by atoms with Crippen molar-refractivity contribution in [2.45, 2.75) is 0 Å². The van der Waals surface area contributed by atoms with Crippen molar-refractivity contribution < 1.29 is 13.9 Å². The summed E-state index contributed by atoms with van der Waals surface area (Å²) < 4.78 is 10.2. The van der Waals surface area contributed by atoms with E-state index in [1.54, 1.807) is 36.4 Å². The Hall–Kier alpha value is -2.54. The Morgan fingerprint density at radius 2 is 2.24 bits per heavy atom. The van der Waals surface area contributed by atoms with E-state index < -0.39 is 0 Å². The molecular formula is C13H9NO3. The third-order valence-corrected chi connectivity index (χ3v) is 2.13. The SMILES string of the molecule is N#Cc1cccc(OCC(=O)c2ccco2)c1. The molecule has 4 nitrogen and oxygen atoms in total. The second-order valence-corrected chi connectivity index (χ2v) is 3.33. The predicted molar refractivity (Wildman–Crippen MR) is 59.7 cm³/mol. The van der Waals surface area contributed by atoms with E-state index in [0.717, 1.165) is 0 Å². The van der Waals surface area contributed by atoms with Crippen LogP contribution in [0.2, 0.25) is 0 Å². The summed E-state index contributed by atoms with van der Waals surface area (Å²) in [7, 11) is 0. The molecule has 1 aromatic carbocycles. The van der Waals surface area contributed by atoms with E-state index in [2.05, 4.69) is 0 Å². The highest BCUT2D eigenvalue weighted by Crippen LogP contribution is 2.13. The van der Waals surface area contributed by atoms with Gasteiger partial charge < -0.3 is 9.15 Å². The van der Waals surface area contributed by atoms with E-state index >= 15 is 0 Å². The molecule has 0 aliphatic heterocycles. The average Bonchev–Trinajstić information content (AvgIpc) is 2.90. The molecule has 84 valence electrons. The maximum absolute atomic E-state index is 11.5.